The van der Waals surface area contributed by atoms with Gasteiger partial charge in [0.25, 0.3) is 5.91 Å². The van der Waals surface area contributed by atoms with Crippen LogP contribution in [0.4, 0.5) is 0 Å². The number of carbonyl (C=O) groups is 1. The number of carbonyl (C=O) groups excluding carboxylic acids is 1. The minimum atomic E-state index is -0.457. The maximum Gasteiger partial charge on any atom is 0.277 e. The van der Waals surface area contributed by atoms with E-state index >= 15 is 0 Å². The van der Waals surface area contributed by atoms with E-state index in [1.165, 1.54) is 12.3 Å². The van der Waals surface area contributed by atoms with Gasteiger partial charge in [-0.1, -0.05) is 34.8 Å². The number of amides is 1. The number of nitrogens with one attached hydrogen (secondary N) is 1. The molecule has 6 nitrogen and oxygen atoms in total. The molecule has 0 aliphatic carbocycles. The van der Waals surface area contributed by atoms with Crippen LogP contribution in [0, 0.1) is 0 Å². The molecule has 0 fully saturated rings. The molecule has 0 radical (unpaired) electrons. The fourth-order valence-corrected chi connectivity index (χ4v) is 3.05. The molecule has 1 heterocycles. The summed E-state index contributed by atoms with van der Waals surface area (Å²) in [5, 5.41) is 5.11. The van der Waals surface area contributed by atoms with Crippen LogP contribution in [0.1, 0.15) is 5.76 Å². The van der Waals surface area contributed by atoms with Gasteiger partial charge in [-0.3, -0.25) is 4.79 Å². The van der Waals surface area contributed by atoms with Crippen molar-refractivity contribution in [3.05, 3.63) is 69.4 Å². The van der Waals surface area contributed by atoms with Gasteiger partial charge in [-0.25, -0.2) is 5.43 Å². The Balaban J connectivity index is 1.54. The third kappa shape index (κ3) is 5.67. The minimum Gasteiger partial charge on any atom is -0.495 e. The molecule has 9 heteroatoms. The van der Waals surface area contributed by atoms with Gasteiger partial charge in [0.15, 0.2) is 6.61 Å². The van der Waals surface area contributed by atoms with Gasteiger partial charge in [0.1, 0.15) is 23.0 Å². The molecule has 1 amide bonds. The molecule has 1 N–H and O–H groups in total. The molecule has 3 rings (SSSR count). The van der Waals surface area contributed by atoms with Crippen molar-refractivity contribution in [2.75, 3.05) is 13.7 Å². The average Bonchev–Trinajstić information content (AvgIpc) is 3.16. The zero-order valence-electron chi connectivity index (χ0n) is 15.1. The molecule has 0 atom stereocenters. The minimum absolute atomic E-state index is 0.257. The summed E-state index contributed by atoms with van der Waals surface area (Å²) in [6, 6.07) is 13.5. The second-order valence-corrected chi connectivity index (χ2v) is 6.96. The molecule has 3 aromatic rings. The van der Waals surface area contributed by atoms with Gasteiger partial charge < -0.3 is 13.9 Å². The highest BCUT2D eigenvalue weighted by Gasteiger charge is 2.08. The normalized spacial score (nSPS) is 10.9. The van der Waals surface area contributed by atoms with E-state index in [0.717, 1.165) is 5.56 Å². The lowest BCUT2D eigenvalue weighted by Gasteiger charge is -2.06. The van der Waals surface area contributed by atoms with Gasteiger partial charge >= 0.3 is 0 Å². The van der Waals surface area contributed by atoms with Crippen LogP contribution >= 0.6 is 34.8 Å². The monoisotopic (exact) mass is 452 g/mol. The van der Waals surface area contributed by atoms with Gasteiger partial charge in [0, 0.05) is 10.6 Å². The zero-order valence-corrected chi connectivity index (χ0v) is 17.4. The zero-order chi connectivity index (χ0) is 20.8. The smallest absolute Gasteiger partial charge is 0.277 e. The van der Waals surface area contributed by atoms with Crippen LogP contribution in [0.15, 0.2) is 58.0 Å². The summed E-state index contributed by atoms with van der Waals surface area (Å²) in [4.78, 5) is 11.8. The van der Waals surface area contributed by atoms with Crippen molar-refractivity contribution in [1.82, 2.24) is 5.43 Å². The Morgan fingerprint density at radius 3 is 2.55 bits per heavy atom. The van der Waals surface area contributed by atoms with Crippen LogP contribution in [0.3, 0.4) is 0 Å². The van der Waals surface area contributed by atoms with E-state index in [1.807, 2.05) is 6.07 Å². The lowest BCUT2D eigenvalue weighted by atomic mass is 10.2. The highest BCUT2D eigenvalue weighted by atomic mass is 35.5. The van der Waals surface area contributed by atoms with Crippen molar-refractivity contribution >= 4 is 46.9 Å². The molecule has 0 saturated carbocycles. The SMILES string of the molecule is COc1ccc(-c2ccc(/C=N\NC(=O)COc3ccc(Cl)cc3Cl)o2)cc1Cl. The number of hydrogen-bond acceptors (Lipinski definition) is 5. The Morgan fingerprint density at radius 2 is 1.83 bits per heavy atom. The molecule has 0 aliphatic rings. The van der Waals surface area contributed by atoms with Crippen molar-refractivity contribution in [3.63, 3.8) is 0 Å². The summed E-state index contributed by atoms with van der Waals surface area (Å²) >= 11 is 17.9. The number of halogens is 3. The average molecular weight is 454 g/mol. The fraction of sp³-hybridized carbons (Fsp3) is 0.100. The first-order valence-electron chi connectivity index (χ1n) is 8.30. The third-order valence-electron chi connectivity index (χ3n) is 3.70. The van der Waals surface area contributed by atoms with Crippen molar-refractivity contribution in [1.29, 1.82) is 0 Å². The van der Waals surface area contributed by atoms with E-state index in [-0.39, 0.29) is 6.61 Å². The number of hydrazone groups is 1. The quantitative estimate of drug-likeness (QED) is 0.382. The molecule has 0 spiro atoms. The summed E-state index contributed by atoms with van der Waals surface area (Å²) in [5.74, 6) is 1.52. The Labute approximate surface area is 182 Å². The van der Waals surface area contributed by atoms with Crippen LogP contribution in [0.25, 0.3) is 11.3 Å². The first-order chi connectivity index (χ1) is 14.0. The highest BCUT2D eigenvalue weighted by Crippen LogP contribution is 2.31. The van der Waals surface area contributed by atoms with Crippen molar-refractivity contribution in [3.8, 4) is 22.8 Å². The highest BCUT2D eigenvalue weighted by molar-refractivity contribution is 6.35. The summed E-state index contributed by atoms with van der Waals surface area (Å²) in [6.07, 6.45) is 1.38. The van der Waals surface area contributed by atoms with Crippen LogP contribution in [0.2, 0.25) is 15.1 Å². The molecule has 0 bridgehead atoms. The topological polar surface area (TPSA) is 73.1 Å². The van der Waals surface area contributed by atoms with Crippen molar-refractivity contribution in [2.24, 2.45) is 5.10 Å². The lowest BCUT2D eigenvalue weighted by Crippen LogP contribution is -2.24. The maximum absolute atomic E-state index is 11.8. The number of hydrogen-bond donors (Lipinski definition) is 1. The van der Waals surface area contributed by atoms with Gasteiger partial charge in [0.2, 0.25) is 0 Å². The first-order valence-corrected chi connectivity index (χ1v) is 9.43. The number of benzene rings is 2. The molecule has 29 heavy (non-hydrogen) atoms. The molecule has 0 unspecified atom stereocenters. The molecule has 1 aromatic heterocycles. The van der Waals surface area contributed by atoms with Gasteiger partial charge in [-0.05, 0) is 48.5 Å². The second kappa shape index (κ2) is 9.69. The van der Waals surface area contributed by atoms with Crippen LogP contribution in [0.5, 0.6) is 11.5 Å². The first kappa shape index (κ1) is 21.0. The van der Waals surface area contributed by atoms with E-state index < -0.39 is 5.91 Å². The molecular weight excluding hydrogens is 439 g/mol. The standard InChI is InChI=1S/C20H15Cl3N2O4/c1-27-18-5-2-12(8-15(18)22)17-7-4-14(29-17)10-24-25-20(26)11-28-19-6-3-13(21)9-16(19)23/h2-10H,11H2,1H3,(H,25,26)/b24-10-. The molecule has 0 saturated heterocycles. The Hall–Kier alpha value is -2.67. The maximum atomic E-state index is 11.8. The van der Waals surface area contributed by atoms with E-state index in [4.69, 9.17) is 48.7 Å². The molecule has 0 aliphatic heterocycles. The summed E-state index contributed by atoms with van der Waals surface area (Å²) in [6.45, 7) is -0.257. The summed E-state index contributed by atoms with van der Waals surface area (Å²) in [7, 11) is 1.55. The predicted molar refractivity (Wildman–Crippen MR) is 113 cm³/mol. The van der Waals surface area contributed by atoms with Gasteiger partial charge in [-0.15, -0.1) is 0 Å². The molecule has 2 aromatic carbocycles. The molecular formula is C20H15Cl3N2O4. The number of ether oxygens (including phenoxy) is 2. The van der Waals surface area contributed by atoms with Crippen LogP contribution in [-0.2, 0) is 4.79 Å². The summed E-state index contributed by atoms with van der Waals surface area (Å²) in [5.41, 5.74) is 3.13. The number of furan rings is 1. The largest absolute Gasteiger partial charge is 0.495 e. The van der Waals surface area contributed by atoms with E-state index in [2.05, 4.69) is 10.5 Å². The lowest BCUT2D eigenvalue weighted by molar-refractivity contribution is -0.123. The van der Waals surface area contributed by atoms with E-state index in [1.54, 1.807) is 43.5 Å². The molecule has 150 valence electrons. The van der Waals surface area contributed by atoms with E-state index in [0.29, 0.717) is 38.1 Å². The number of nitrogens with zero attached hydrogens (tertiary/aromatic N) is 1. The van der Waals surface area contributed by atoms with Crippen LogP contribution in [-0.4, -0.2) is 25.8 Å². The van der Waals surface area contributed by atoms with Crippen molar-refractivity contribution < 1.29 is 18.7 Å². The summed E-state index contributed by atoms with van der Waals surface area (Å²) < 4.78 is 16.1. The number of methoxy groups -OCH3 is 1. The Bertz CT molecular complexity index is 1050. The predicted octanol–water partition coefficient (Wildman–Crippen LogP) is 5.44. The number of rotatable bonds is 7. The Kier molecular flexibility index (Phi) is 7.04. The second-order valence-electron chi connectivity index (χ2n) is 5.71. The van der Waals surface area contributed by atoms with Gasteiger partial charge in [0.05, 0.1) is 23.4 Å². The third-order valence-corrected chi connectivity index (χ3v) is 4.52. The van der Waals surface area contributed by atoms with E-state index in [9.17, 15) is 4.79 Å². The van der Waals surface area contributed by atoms with Crippen molar-refractivity contribution in [2.45, 2.75) is 0 Å². The van der Waals surface area contributed by atoms with Crippen LogP contribution < -0.4 is 14.9 Å². The fourth-order valence-electron chi connectivity index (χ4n) is 2.33. The Morgan fingerprint density at radius 1 is 1.07 bits per heavy atom. The van der Waals surface area contributed by atoms with Gasteiger partial charge in [-0.2, -0.15) is 5.10 Å².